The van der Waals surface area contributed by atoms with Crippen molar-refractivity contribution in [2.24, 2.45) is 0 Å². The Hall–Kier alpha value is -2.93. The SMILES string of the molecule is COc1cccc(CN(C)C(=O)CSc2nccn2-c2ccccc2C(C)C)c1OC. The number of nitrogens with zero attached hydrogens (tertiary/aromatic N) is 3. The summed E-state index contributed by atoms with van der Waals surface area (Å²) in [6.07, 6.45) is 3.72. The molecule has 3 rings (SSSR count). The normalized spacial score (nSPS) is 10.9. The topological polar surface area (TPSA) is 56.6 Å². The van der Waals surface area contributed by atoms with Crippen LogP contribution in [0.3, 0.4) is 0 Å². The van der Waals surface area contributed by atoms with Gasteiger partial charge in [0.05, 0.1) is 25.7 Å². The van der Waals surface area contributed by atoms with Crippen molar-refractivity contribution in [3.05, 3.63) is 66.0 Å². The number of ether oxygens (including phenoxy) is 2. The highest BCUT2D eigenvalue weighted by molar-refractivity contribution is 7.99. The summed E-state index contributed by atoms with van der Waals surface area (Å²) in [6, 6.07) is 14.0. The summed E-state index contributed by atoms with van der Waals surface area (Å²) in [6.45, 7) is 4.78. The van der Waals surface area contributed by atoms with Crippen molar-refractivity contribution in [2.45, 2.75) is 31.5 Å². The van der Waals surface area contributed by atoms with Gasteiger partial charge in [-0.05, 0) is 23.6 Å². The molecule has 0 radical (unpaired) electrons. The average molecular weight is 440 g/mol. The van der Waals surface area contributed by atoms with Crippen molar-refractivity contribution in [1.29, 1.82) is 0 Å². The molecule has 0 aliphatic heterocycles. The Balaban J connectivity index is 1.70. The van der Waals surface area contributed by atoms with Gasteiger partial charge in [-0.2, -0.15) is 0 Å². The second-order valence-electron chi connectivity index (χ2n) is 7.48. The van der Waals surface area contributed by atoms with E-state index in [1.165, 1.54) is 17.3 Å². The predicted molar refractivity (Wildman–Crippen MR) is 124 cm³/mol. The van der Waals surface area contributed by atoms with Crippen molar-refractivity contribution < 1.29 is 14.3 Å². The lowest BCUT2D eigenvalue weighted by atomic mass is 10.0. The monoisotopic (exact) mass is 439 g/mol. The molecule has 31 heavy (non-hydrogen) atoms. The third-order valence-electron chi connectivity index (χ3n) is 5.07. The summed E-state index contributed by atoms with van der Waals surface area (Å²) in [5, 5.41) is 0.800. The number of methoxy groups -OCH3 is 2. The van der Waals surface area contributed by atoms with E-state index in [0.29, 0.717) is 29.7 Å². The Morgan fingerprint density at radius 1 is 1.13 bits per heavy atom. The molecule has 164 valence electrons. The highest BCUT2D eigenvalue weighted by Crippen LogP contribution is 2.32. The first-order chi connectivity index (χ1) is 15.0. The van der Waals surface area contributed by atoms with Crippen LogP contribution in [-0.2, 0) is 11.3 Å². The van der Waals surface area contributed by atoms with Crippen molar-refractivity contribution in [1.82, 2.24) is 14.5 Å². The number of benzene rings is 2. The smallest absolute Gasteiger partial charge is 0.233 e. The molecular formula is C24H29N3O3S. The Kier molecular flexibility index (Phi) is 7.63. The van der Waals surface area contributed by atoms with Crippen LogP contribution < -0.4 is 9.47 Å². The fourth-order valence-electron chi connectivity index (χ4n) is 3.43. The number of imidazole rings is 1. The quantitative estimate of drug-likeness (QED) is 0.450. The van der Waals surface area contributed by atoms with Crippen LogP contribution in [0, 0.1) is 0 Å². The van der Waals surface area contributed by atoms with Crippen LogP contribution in [0.25, 0.3) is 5.69 Å². The van der Waals surface area contributed by atoms with Gasteiger partial charge in [0.25, 0.3) is 0 Å². The van der Waals surface area contributed by atoms with E-state index in [4.69, 9.17) is 9.47 Å². The van der Waals surface area contributed by atoms with Crippen molar-refractivity contribution in [3.8, 4) is 17.2 Å². The van der Waals surface area contributed by atoms with Gasteiger partial charge in [-0.25, -0.2) is 4.98 Å². The summed E-state index contributed by atoms with van der Waals surface area (Å²) in [5.41, 5.74) is 3.24. The molecule has 3 aromatic rings. The van der Waals surface area contributed by atoms with E-state index in [0.717, 1.165) is 16.4 Å². The molecule has 0 aliphatic rings. The molecule has 0 spiro atoms. The van der Waals surface area contributed by atoms with Gasteiger partial charge < -0.3 is 14.4 Å². The van der Waals surface area contributed by atoms with E-state index in [9.17, 15) is 4.79 Å². The van der Waals surface area contributed by atoms with E-state index in [1.54, 1.807) is 32.4 Å². The second kappa shape index (κ2) is 10.4. The zero-order valence-electron chi connectivity index (χ0n) is 18.7. The van der Waals surface area contributed by atoms with Crippen LogP contribution in [-0.4, -0.2) is 47.4 Å². The number of amides is 1. The van der Waals surface area contributed by atoms with Crippen LogP contribution in [0.1, 0.15) is 30.9 Å². The molecule has 0 bridgehead atoms. The number of hydrogen-bond donors (Lipinski definition) is 0. The Labute approximate surface area is 188 Å². The minimum absolute atomic E-state index is 0.0153. The molecule has 2 aromatic carbocycles. The van der Waals surface area contributed by atoms with Gasteiger partial charge in [-0.3, -0.25) is 9.36 Å². The minimum Gasteiger partial charge on any atom is -0.493 e. The van der Waals surface area contributed by atoms with Crippen LogP contribution in [0.5, 0.6) is 11.5 Å². The first kappa shape index (κ1) is 22.7. The summed E-state index contributed by atoms with van der Waals surface area (Å²) in [4.78, 5) is 19.0. The summed E-state index contributed by atoms with van der Waals surface area (Å²) < 4.78 is 12.9. The molecule has 1 aromatic heterocycles. The molecule has 0 unspecified atom stereocenters. The van der Waals surface area contributed by atoms with E-state index < -0.39 is 0 Å². The van der Waals surface area contributed by atoms with Crippen molar-refractivity contribution >= 4 is 17.7 Å². The molecule has 0 N–H and O–H groups in total. The van der Waals surface area contributed by atoms with Gasteiger partial charge in [0.2, 0.25) is 5.91 Å². The zero-order valence-corrected chi connectivity index (χ0v) is 19.5. The van der Waals surface area contributed by atoms with Crippen molar-refractivity contribution in [2.75, 3.05) is 27.0 Å². The van der Waals surface area contributed by atoms with Crippen LogP contribution in [0.2, 0.25) is 0 Å². The number of carbonyl (C=O) groups is 1. The Morgan fingerprint density at radius 3 is 2.61 bits per heavy atom. The maximum absolute atomic E-state index is 12.8. The highest BCUT2D eigenvalue weighted by atomic mass is 32.2. The summed E-state index contributed by atoms with van der Waals surface area (Å²) >= 11 is 1.44. The van der Waals surface area contributed by atoms with E-state index in [1.807, 2.05) is 36.5 Å². The molecule has 0 fully saturated rings. The third-order valence-corrected chi connectivity index (χ3v) is 6.02. The van der Waals surface area contributed by atoms with E-state index >= 15 is 0 Å². The molecule has 1 amide bonds. The fraction of sp³-hybridized carbons (Fsp3) is 0.333. The predicted octanol–water partition coefficient (Wildman–Crippen LogP) is 4.76. The second-order valence-corrected chi connectivity index (χ2v) is 8.43. The fourth-order valence-corrected chi connectivity index (χ4v) is 4.34. The number of para-hydroxylation sites is 2. The number of hydrogen-bond acceptors (Lipinski definition) is 5. The lowest BCUT2D eigenvalue weighted by Gasteiger charge is -2.20. The number of thioether (sulfide) groups is 1. The largest absolute Gasteiger partial charge is 0.493 e. The molecule has 0 saturated carbocycles. The minimum atomic E-state index is 0.0153. The molecule has 6 nitrogen and oxygen atoms in total. The zero-order chi connectivity index (χ0) is 22.4. The standard InChI is InChI=1S/C24H29N3O3S/c1-17(2)19-10-6-7-11-20(19)27-14-13-25-24(27)31-16-22(28)26(3)15-18-9-8-12-21(29-4)23(18)30-5/h6-14,17H,15-16H2,1-5H3. The first-order valence-corrected chi connectivity index (χ1v) is 11.1. The van der Waals surface area contributed by atoms with Crippen LogP contribution in [0.15, 0.2) is 60.0 Å². The lowest BCUT2D eigenvalue weighted by molar-refractivity contribution is -0.127. The molecule has 0 saturated heterocycles. The van der Waals surface area contributed by atoms with Crippen molar-refractivity contribution in [3.63, 3.8) is 0 Å². The molecular weight excluding hydrogens is 410 g/mol. The van der Waals surface area contributed by atoms with E-state index in [2.05, 4.69) is 35.5 Å². The maximum Gasteiger partial charge on any atom is 0.233 e. The van der Waals surface area contributed by atoms with Gasteiger partial charge in [0.1, 0.15) is 0 Å². The summed E-state index contributed by atoms with van der Waals surface area (Å²) in [7, 11) is 5.00. The number of rotatable bonds is 9. The van der Waals surface area contributed by atoms with Gasteiger partial charge in [0, 0.05) is 31.5 Å². The highest BCUT2D eigenvalue weighted by Gasteiger charge is 2.17. The molecule has 1 heterocycles. The third kappa shape index (κ3) is 5.22. The van der Waals surface area contributed by atoms with Gasteiger partial charge in [0.15, 0.2) is 16.7 Å². The van der Waals surface area contributed by atoms with E-state index in [-0.39, 0.29) is 5.91 Å². The Bertz CT molecular complexity index is 1030. The Morgan fingerprint density at radius 2 is 1.90 bits per heavy atom. The van der Waals surface area contributed by atoms with Crippen LogP contribution in [0.4, 0.5) is 0 Å². The average Bonchev–Trinajstić information content (AvgIpc) is 3.25. The molecule has 0 atom stereocenters. The van der Waals surface area contributed by atoms with Gasteiger partial charge >= 0.3 is 0 Å². The lowest BCUT2D eigenvalue weighted by Crippen LogP contribution is -2.28. The number of carbonyl (C=O) groups excluding carboxylic acids is 1. The molecule has 7 heteroatoms. The molecule has 0 aliphatic carbocycles. The van der Waals surface area contributed by atoms with Gasteiger partial charge in [-0.15, -0.1) is 0 Å². The van der Waals surface area contributed by atoms with Crippen LogP contribution >= 0.6 is 11.8 Å². The van der Waals surface area contributed by atoms with Gasteiger partial charge in [-0.1, -0.05) is 55.9 Å². The first-order valence-electron chi connectivity index (χ1n) is 10.2. The maximum atomic E-state index is 12.8. The number of aromatic nitrogens is 2. The summed E-state index contributed by atoms with van der Waals surface area (Å²) in [5.74, 6) is 2.01.